The van der Waals surface area contributed by atoms with Gasteiger partial charge in [-0.2, -0.15) is 0 Å². The van der Waals surface area contributed by atoms with Gasteiger partial charge in [0.2, 0.25) is 11.8 Å². The molecule has 4 aliphatic heterocycles. The lowest BCUT2D eigenvalue weighted by molar-refractivity contribution is -0.117. The molecular formula is C80H96N14O12S4. The van der Waals surface area contributed by atoms with Crippen LogP contribution in [0.3, 0.4) is 0 Å². The molecule has 30 heteroatoms. The Balaban J connectivity index is 0.000000195. The molecule has 0 radical (unpaired) electrons. The minimum atomic E-state index is -1.08. The monoisotopic (exact) mass is 1570 g/mol. The van der Waals surface area contributed by atoms with E-state index in [1.165, 1.54) is 22.4 Å². The van der Waals surface area contributed by atoms with E-state index in [0.717, 1.165) is 53.9 Å². The number of nitrogens with zero attached hydrogens (tertiary/aromatic N) is 8. The lowest BCUT2D eigenvalue weighted by atomic mass is 10.1. The van der Waals surface area contributed by atoms with Crippen LogP contribution >= 0.6 is 21.6 Å². The van der Waals surface area contributed by atoms with Gasteiger partial charge in [0.05, 0.1) is 77.7 Å². The number of fused-ring (bicyclic) bond motifs is 8. The fourth-order valence-electron chi connectivity index (χ4n) is 13.0. The first-order chi connectivity index (χ1) is 52.5. The zero-order valence-corrected chi connectivity index (χ0v) is 67.2. The average molecular weight is 1570 g/mol. The number of methoxy groups -OCH3 is 1. The van der Waals surface area contributed by atoms with Crippen molar-refractivity contribution in [2.24, 2.45) is 43.9 Å². The Labute approximate surface area is 655 Å². The topological polar surface area (TPSA) is 322 Å². The van der Waals surface area contributed by atoms with Crippen LogP contribution in [0, 0.1) is 6.92 Å². The molecule has 0 fully saturated rings. The summed E-state index contributed by atoms with van der Waals surface area (Å²) in [6, 6.07) is 29.2. The maximum atomic E-state index is 13.7. The number of aromatic nitrogens is 4. The Morgan fingerprint density at radius 1 is 0.600 bits per heavy atom. The molecule has 12 rings (SSSR count). The number of unbranched alkanes of at least 4 members (excludes halogenated alkanes) is 2. The molecule has 1 unspecified atom stereocenters. The van der Waals surface area contributed by atoms with Crippen molar-refractivity contribution in [2.75, 3.05) is 77.0 Å². The van der Waals surface area contributed by atoms with E-state index in [2.05, 4.69) is 70.3 Å². The number of nitrogens with one attached hydrogen (secondary N) is 5. The number of nitrogens with two attached hydrogens (primary N) is 1. The second-order valence-corrected chi connectivity index (χ2v) is 35.1. The van der Waals surface area contributed by atoms with Gasteiger partial charge in [0.25, 0.3) is 29.5 Å². The van der Waals surface area contributed by atoms with Gasteiger partial charge in [-0.15, -0.1) is 9.45 Å². The molecule has 0 saturated heterocycles. The molecule has 4 aromatic carbocycles. The quantitative estimate of drug-likeness (QED) is 0.0169. The van der Waals surface area contributed by atoms with E-state index in [4.69, 9.17) is 36.2 Å². The highest BCUT2D eigenvalue weighted by Gasteiger charge is 2.38. The molecule has 0 aliphatic carbocycles. The number of aryl methyl sites for hydroxylation is 5. The molecule has 26 nitrogen and oxygen atoms in total. The lowest BCUT2D eigenvalue weighted by Crippen LogP contribution is -2.37. The van der Waals surface area contributed by atoms with Gasteiger partial charge in [0, 0.05) is 131 Å². The van der Waals surface area contributed by atoms with Gasteiger partial charge in [0.1, 0.15) is 28.5 Å². The lowest BCUT2D eigenvalue weighted by Gasteiger charge is -2.23. The van der Waals surface area contributed by atoms with Crippen LogP contribution in [0.2, 0.25) is 0 Å². The largest absolute Gasteiger partial charge is 0.493 e. The number of ether oxygens (including phenoxy) is 3. The molecular weight excluding hydrogens is 1480 g/mol. The Hall–Kier alpha value is -10.3. The highest BCUT2D eigenvalue weighted by atomic mass is 33.1. The third-order valence-electron chi connectivity index (χ3n) is 19.3. The van der Waals surface area contributed by atoms with Gasteiger partial charge < -0.3 is 69.9 Å². The van der Waals surface area contributed by atoms with Crippen molar-refractivity contribution in [3.63, 3.8) is 0 Å². The van der Waals surface area contributed by atoms with Crippen molar-refractivity contribution >= 4 is 147 Å². The fourth-order valence-corrected chi connectivity index (χ4v) is 15.9. The molecule has 8 N–H and O–H groups in total. The number of hydrogen-bond acceptors (Lipinski definition) is 17. The van der Waals surface area contributed by atoms with Gasteiger partial charge in [-0.1, -0.05) is 83.0 Å². The summed E-state index contributed by atoms with van der Waals surface area (Å²) in [5, 5.41) is 23.3. The highest BCUT2D eigenvalue weighted by Crippen LogP contribution is 2.43. The normalized spacial score (nSPS) is 14.7. The first-order valence-corrected chi connectivity index (χ1v) is 41.3. The van der Waals surface area contributed by atoms with E-state index in [9.17, 15) is 38.4 Å². The maximum absolute atomic E-state index is 13.7. The second kappa shape index (κ2) is 36.5. The van der Waals surface area contributed by atoms with Crippen LogP contribution in [-0.2, 0) is 71.3 Å². The third kappa shape index (κ3) is 20.2. The molecule has 582 valence electrons. The number of carbonyl (C=O) groups is 8. The number of carboxylic acid groups (broad SMARTS) is 1. The first kappa shape index (κ1) is 82.2. The smallest absolute Gasteiger partial charge is 0.352 e. The summed E-state index contributed by atoms with van der Waals surface area (Å²) in [4.78, 5) is 115. The fraction of sp³-hybridized carbons (Fsp3) is 0.375. The number of hydrogen-bond donors (Lipinski definition) is 7. The van der Waals surface area contributed by atoms with Crippen LogP contribution in [0.25, 0.3) is 0 Å². The maximum Gasteiger partial charge on any atom is 0.352 e. The van der Waals surface area contributed by atoms with Crippen molar-refractivity contribution in [2.45, 2.75) is 120 Å². The van der Waals surface area contributed by atoms with Crippen molar-refractivity contribution in [3.05, 3.63) is 172 Å². The summed E-state index contributed by atoms with van der Waals surface area (Å²) < 4.78 is 23.8. The Morgan fingerprint density at radius 3 is 1.53 bits per heavy atom. The zero-order valence-electron chi connectivity index (χ0n) is 64.0. The Bertz CT molecular complexity index is 4880. The third-order valence-corrected chi connectivity index (χ3v) is 25.0. The number of rotatable bonds is 29. The predicted molar refractivity (Wildman–Crippen MR) is 443 cm³/mol. The molecule has 8 heterocycles. The number of carboxylic acids is 1. The summed E-state index contributed by atoms with van der Waals surface area (Å²) in [6.45, 7) is 12.4. The molecule has 7 amide bonds. The molecule has 4 aliphatic rings. The minimum absolute atomic E-state index is 0.00484. The van der Waals surface area contributed by atoms with Crippen LogP contribution < -0.4 is 56.3 Å². The van der Waals surface area contributed by atoms with Gasteiger partial charge in [-0.3, -0.25) is 53.3 Å². The van der Waals surface area contributed by atoms with Crippen LogP contribution in [0.15, 0.2) is 132 Å². The SMILES string of the molecule is COc1cc2c(cc1OCCCCNC(=O)c1cc(NC(=O)c3cc(NC(=O)CCC(C)(C)SSC)cn3C)cn1C)N=C[C@@H]1Cc3ccccc3N1C2=O.Cc1cc2c(cc1OCCCCN)N=C[C@@H]1Cc3ccccc3N1C2=O.Cn1cc(NC(=O)c2cc(NC(=O)CCC(C)(C)S(C)=S)cn2C)cc1C(=O)O. The number of amides is 7. The van der Waals surface area contributed by atoms with Gasteiger partial charge in [-0.05, 0) is 144 Å². The highest BCUT2D eigenvalue weighted by molar-refractivity contribution is 8.76. The molecule has 0 spiro atoms. The number of para-hydroxylation sites is 2. The Kier molecular flexibility index (Phi) is 27.3. The van der Waals surface area contributed by atoms with Gasteiger partial charge in [0.15, 0.2) is 11.5 Å². The first-order valence-electron chi connectivity index (χ1n) is 36.1. The predicted octanol–water partition coefficient (Wildman–Crippen LogP) is 12.9. The summed E-state index contributed by atoms with van der Waals surface area (Å²) >= 11 is 5.34. The van der Waals surface area contributed by atoms with Gasteiger partial charge in [-0.25, -0.2) is 4.79 Å². The zero-order chi connectivity index (χ0) is 79.3. The van der Waals surface area contributed by atoms with Crippen LogP contribution in [0.4, 0.5) is 45.5 Å². The number of anilines is 6. The number of aromatic carboxylic acids is 1. The van der Waals surface area contributed by atoms with E-state index in [-0.39, 0.29) is 72.2 Å². The Morgan fingerprint density at radius 2 is 1.05 bits per heavy atom. The number of carbonyl (C=O) groups excluding carboxylic acids is 7. The van der Waals surface area contributed by atoms with E-state index in [1.54, 1.807) is 124 Å². The van der Waals surface area contributed by atoms with E-state index in [1.807, 2.05) is 91.4 Å². The molecule has 0 bridgehead atoms. The summed E-state index contributed by atoms with van der Waals surface area (Å²) in [5.41, 5.74) is 16.0. The summed E-state index contributed by atoms with van der Waals surface area (Å²) in [7, 11) is 11.5. The average Bonchev–Trinajstić information content (AvgIpc) is 1.61. The van der Waals surface area contributed by atoms with Crippen LogP contribution in [-0.4, -0.2) is 151 Å². The molecule has 4 aromatic heterocycles. The summed E-state index contributed by atoms with van der Waals surface area (Å²) in [5.74, 6) is -0.758. The van der Waals surface area contributed by atoms with Gasteiger partial charge >= 0.3 is 5.97 Å². The van der Waals surface area contributed by atoms with Crippen molar-refractivity contribution in [1.82, 2.24) is 23.6 Å². The molecule has 3 atom stereocenters. The summed E-state index contributed by atoms with van der Waals surface area (Å²) in [6.07, 6.45) is 21.1. The second-order valence-electron chi connectivity index (χ2n) is 28.5. The van der Waals surface area contributed by atoms with E-state index < -0.39 is 11.9 Å². The van der Waals surface area contributed by atoms with E-state index in [0.29, 0.717) is 139 Å². The minimum Gasteiger partial charge on any atom is -0.493 e. The van der Waals surface area contributed by atoms with Crippen molar-refractivity contribution in [1.29, 1.82) is 0 Å². The molecule has 0 saturated carbocycles. The molecule has 8 aromatic rings. The number of benzene rings is 4. The van der Waals surface area contributed by atoms with Crippen molar-refractivity contribution < 1.29 is 57.7 Å². The standard InChI is InChI=1S/C40H47N7O6S2.C21H23N3O2.C19H26N4O4S2/c1-40(2,55-54-6)14-13-36(48)43-26-18-33(46(4)23-26)38(50)44-27-19-32(45(3)24-27)37(49)41-15-9-10-16-53-35-21-30-29(20-34(35)52-5)39(51)47-28(22-42-30)17-25-11-7-8-12-31(25)47;1-14-10-17-18(12-20(14)26-9-5-4-8-22)23-13-16-11-15-6-2-3-7-19(15)24(16)21(17)25;1-19(2,29(5)28)7-6-16(24)20-12-8-14(22(3)10-12)17(25)21-13-9-15(18(26)27)23(4)11-13/h7-8,11-12,18-24,28H,9-10,13-17H2,1-6H3,(H,41,49)(H,43,48)(H,44,50);2-3,6-7,10,12-13,16H,4-5,8-9,11,22H2,1H3;8-11H,6-7H2,1-5H3,(H,20,24)(H,21,25)(H,26,27)/t28-;16-;/m00./s1. The van der Waals surface area contributed by atoms with Crippen LogP contribution in [0.5, 0.6) is 17.2 Å². The molecule has 110 heavy (non-hydrogen) atoms. The van der Waals surface area contributed by atoms with E-state index >= 15 is 0 Å². The van der Waals surface area contributed by atoms with Crippen molar-refractivity contribution in [3.8, 4) is 17.2 Å². The number of aliphatic imine (C=N–C) groups is 2. The van der Waals surface area contributed by atoms with Crippen LogP contribution in [0.1, 0.15) is 158 Å².